The number of nitrogens with zero attached hydrogens (tertiary/aromatic N) is 2. The number of esters is 1. The molecule has 30 heavy (non-hydrogen) atoms. The van der Waals surface area contributed by atoms with Crippen LogP contribution in [0.1, 0.15) is 38.8 Å². The van der Waals surface area contributed by atoms with Crippen molar-refractivity contribution in [2.24, 2.45) is 4.99 Å². The molecule has 0 radical (unpaired) electrons. The summed E-state index contributed by atoms with van der Waals surface area (Å²) in [5.41, 5.74) is 1.62. The van der Waals surface area contributed by atoms with Gasteiger partial charge in [-0.1, -0.05) is 37.4 Å². The van der Waals surface area contributed by atoms with Gasteiger partial charge in [0.2, 0.25) is 5.91 Å². The molecule has 1 aromatic carbocycles. The average Bonchev–Trinajstić information content (AvgIpc) is 3.06. The Bertz CT molecular complexity index is 924. The minimum absolute atomic E-state index is 0.0634. The Morgan fingerprint density at radius 3 is 2.73 bits per heavy atom. The Kier molecular flexibility index (Phi) is 6.87. The molecule has 0 aromatic heterocycles. The van der Waals surface area contributed by atoms with Crippen molar-refractivity contribution in [2.45, 2.75) is 38.5 Å². The molecule has 0 bridgehead atoms. The van der Waals surface area contributed by atoms with E-state index in [1.165, 1.54) is 11.8 Å². The first-order valence-corrected chi connectivity index (χ1v) is 10.7. The number of amides is 1. The fourth-order valence-corrected chi connectivity index (χ4v) is 4.63. The third-order valence-corrected chi connectivity index (χ3v) is 6.20. The number of amidine groups is 1. The van der Waals surface area contributed by atoms with Gasteiger partial charge in [-0.2, -0.15) is 0 Å². The van der Waals surface area contributed by atoms with Crippen molar-refractivity contribution in [3.8, 4) is 11.5 Å². The van der Waals surface area contributed by atoms with Gasteiger partial charge in [0.1, 0.15) is 6.61 Å². The van der Waals surface area contributed by atoms with Gasteiger partial charge in [0, 0.05) is 0 Å². The summed E-state index contributed by atoms with van der Waals surface area (Å²) in [6, 6.07) is 4.75. The van der Waals surface area contributed by atoms with Crippen molar-refractivity contribution in [3.63, 3.8) is 0 Å². The molecule has 2 aliphatic heterocycles. The molecule has 3 rings (SSSR count). The first-order chi connectivity index (χ1) is 14.5. The number of fused-ring (bicyclic) bond motifs is 1. The van der Waals surface area contributed by atoms with Crippen LogP contribution in [0, 0.1) is 0 Å². The van der Waals surface area contributed by atoms with Gasteiger partial charge in [0.05, 0.1) is 36.3 Å². The lowest BCUT2D eigenvalue weighted by atomic mass is 9.94. The molecule has 1 saturated heterocycles. The number of ether oxygens (including phenoxy) is 3. The predicted molar refractivity (Wildman–Crippen MR) is 117 cm³/mol. The van der Waals surface area contributed by atoms with E-state index in [0.29, 0.717) is 41.0 Å². The lowest BCUT2D eigenvalue weighted by molar-refractivity contribution is -0.139. The van der Waals surface area contributed by atoms with Crippen molar-refractivity contribution >= 4 is 28.8 Å². The van der Waals surface area contributed by atoms with E-state index in [2.05, 4.69) is 11.6 Å². The number of benzene rings is 1. The minimum Gasteiger partial charge on any atom is -0.493 e. The maximum atomic E-state index is 13.1. The monoisotopic (exact) mass is 430 g/mol. The highest BCUT2D eigenvalue weighted by Gasteiger charge is 2.47. The van der Waals surface area contributed by atoms with Crippen LogP contribution in [0.25, 0.3) is 0 Å². The zero-order chi connectivity index (χ0) is 21.8. The van der Waals surface area contributed by atoms with Crippen molar-refractivity contribution < 1.29 is 23.8 Å². The van der Waals surface area contributed by atoms with Crippen LogP contribution in [0.5, 0.6) is 11.5 Å². The quantitative estimate of drug-likeness (QED) is 0.460. The van der Waals surface area contributed by atoms with Crippen LogP contribution < -0.4 is 9.47 Å². The van der Waals surface area contributed by atoms with E-state index in [1.54, 1.807) is 44.1 Å². The molecule has 0 aliphatic carbocycles. The molecule has 7 nitrogen and oxygen atoms in total. The van der Waals surface area contributed by atoms with Crippen LogP contribution >= 0.6 is 11.8 Å². The molecule has 0 saturated carbocycles. The maximum absolute atomic E-state index is 13.1. The average molecular weight is 431 g/mol. The van der Waals surface area contributed by atoms with E-state index in [1.807, 2.05) is 13.0 Å². The highest BCUT2D eigenvalue weighted by atomic mass is 32.2. The molecule has 1 fully saturated rings. The number of hydrogen-bond acceptors (Lipinski definition) is 7. The number of methoxy groups -OCH3 is 1. The number of thioether (sulfide) groups is 1. The normalized spacial score (nSPS) is 20.6. The summed E-state index contributed by atoms with van der Waals surface area (Å²) >= 11 is 1.43. The zero-order valence-corrected chi connectivity index (χ0v) is 18.5. The molecule has 0 spiro atoms. The second-order valence-corrected chi connectivity index (χ2v) is 7.92. The maximum Gasteiger partial charge on any atom is 0.338 e. The van der Waals surface area contributed by atoms with Gasteiger partial charge in [0.25, 0.3) is 0 Å². The van der Waals surface area contributed by atoms with Crippen LogP contribution in [0.3, 0.4) is 0 Å². The Hall–Kier alpha value is -2.74. The van der Waals surface area contributed by atoms with Crippen molar-refractivity contribution in [1.29, 1.82) is 0 Å². The van der Waals surface area contributed by atoms with E-state index in [9.17, 15) is 9.59 Å². The van der Waals surface area contributed by atoms with Gasteiger partial charge in [0.15, 0.2) is 16.7 Å². The van der Waals surface area contributed by atoms with Gasteiger partial charge < -0.3 is 14.2 Å². The molecule has 0 N–H and O–H groups in total. The third kappa shape index (κ3) is 3.96. The lowest BCUT2D eigenvalue weighted by Crippen LogP contribution is -2.40. The van der Waals surface area contributed by atoms with E-state index in [4.69, 9.17) is 14.2 Å². The van der Waals surface area contributed by atoms with Crippen LogP contribution in [-0.2, 0) is 14.3 Å². The van der Waals surface area contributed by atoms with Gasteiger partial charge >= 0.3 is 5.97 Å². The molecule has 2 atom stereocenters. The molecule has 2 aliphatic rings. The molecule has 8 heteroatoms. The van der Waals surface area contributed by atoms with Gasteiger partial charge in [-0.25, -0.2) is 9.79 Å². The number of rotatable bonds is 8. The van der Waals surface area contributed by atoms with Crippen molar-refractivity contribution in [1.82, 2.24) is 4.90 Å². The van der Waals surface area contributed by atoms with Gasteiger partial charge in [-0.15, -0.1) is 0 Å². The summed E-state index contributed by atoms with van der Waals surface area (Å²) in [6.07, 6.45) is 2.32. The van der Waals surface area contributed by atoms with Gasteiger partial charge in [-0.3, -0.25) is 9.69 Å². The van der Waals surface area contributed by atoms with Crippen LogP contribution in [-0.4, -0.2) is 47.5 Å². The topological polar surface area (TPSA) is 77.4 Å². The fraction of sp³-hybridized carbons (Fsp3) is 0.409. The Morgan fingerprint density at radius 2 is 2.10 bits per heavy atom. The molecule has 1 aromatic rings. The standard InChI is InChI=1S/C22H26N2O5S/c1-6-11-29-15-10-9-14(12-16(15)27-5)19-18(21(26)28-8-3)13(4)23-22-24(19)20(25)17(7-2)30-22/h6,9-10,12,17,19H,1,7-8,11H2,2-5H3. The van der Waals surface area contributed by atoms with E-state index in [-0.39, 0.29) is 17.8 Å². The summed E-state index contributed by atoms with van der Waals surface area (Å²) in [5, 5.41) is 0.381. The molecule has 1 amide bonds. The second kappa shape index (κ2) is 9.38. The first-order valence-electron chi connectivity index (χ1n) is 9.84. The molecule has 160 valence electrons. The first kappa shape index (κ1) is 22.0. The molecular weight excluding hydrogens is 404 g/mol. The van der Waals surface area contributed by atoms with E-state index < -0.39 is 12.0 Å². The Labute approximate surface area is 180 Å². The summed E-state index contributed by atoms with van der Waals surface area (Å²) in [4.78, 5) is 32.1. The van der Waals surface area contributed by atoms with Crippen molar-refractivity contribution in [2.75, 3.05) is 20.3 Å². The molecule has 2 unspecified atom stereocenters. The summed E-state index contributed by atoms with van der Waals surface area (Å²) in [6.45, 7) is 9.71. The largest absolute Gasteiger partial charge is 0.493 e. The number of carbonyl (C=O) groups excluding carboxylic acids is 2. The van der Waals surface area contributed by atoms with E-state index >= 15 is 0 Å². The smallest absolute Gasteiger partial charge is 0.338 e. The SMILES string of the molecule is C=CCOc1ccc(C2C(C(=O)OCC)=C(C)N=C3SC(CC)C(=O)N32)cc1OC. The number of allylic oxidation sites excluding steroid dienone is 1. The molecule has 2 heterocycles. The van der Waals surface area contributed by atoms with Crippen LogP contribution in [0.15, 0.2) is 47.1 Å². The lowest BCUT2D eigenvalue weighted by Gasteiger charge is -2.33. The van der Waals surface area contributed by atoms with E-state index in [0.717, 1.165) is 5.56 Å². The molecular formula is C22H26N2O5S. The highest BCUT2D eigenvalue weighted by Crippen LogP contribution is 2.45. The van der Waals surface area contributed by atoms with Crippen LogP contribution in [0.2, 0.25) is 0 Å². The number of aliphatic imine (C=N–C) groups is 1. The number of carbonyl (C=O) groups is 2. The minimum atomic E-state index is -0.643. The highest BCUT2D eigenvalue weighted by molar-refractivity contribution is 8.15. The van der Waals surface area contributed by atoms with Crippen molar-refractivity contribution in [3.05, 3.63) is 47.7 Å². The Morgan fingerprint density at radius 1 is 1.33 bits per heavy atom. The fourth-order valence-electron chi connectivity index (χ4n) is 3.50. The third-order valence-electron chi connectivity index (χ3n) is 4.88. The van der Waals surface area contributed by atoms with Crippen LogP contribution in [0.4, 0.5) is 0 Å². The van der Waals surface area contributed by atoms with Gasteiger partial charge in [-0.05, 0) is 38.0 Å². The second-order valence-electron chi connectivity index (χ2n) is 6.75. The Balaban J connectivity index is 2.12. The zero-order valence-electron chi connectivity index (χ0n) is 17.6. The summed E-state index contributed by atoms with van der Waals surface area (Å²) in [5.74, 6) is 0.515. The summed E-state index contributed by atoms with van der Waals surface area (Å²) in [7, 11) is 1.55. The predicted octanol–water partition coefficient (Wildman–Crippen LogP) is 3.86. The number of hydrogen-bond donors (Lipinski definition) is 0. The summed E-state index contributed by atoms with van der Waals surface area (Å²) < 4.78 is 16.4.